The van der Waals surface area contributed by atoms with Gasteiger partial charge in [-0.1, -0.05) is 29.3 Å². The summed E-state index contributed by atoms with van der Waals surface area (Å²) < 4.78 is 32.0. The van der Waals surface area contributed by atoms with E-state index in [-0.39, 0.29) is 24.8 Å². The Kier molecular flexibility index (Phi) is 7.58. The SMILES string of the molecule is Cc1ccc(OCC(=O)NCCS(=O)(=O)N2CCN(c3ccc(Cl)cc3)CC2)cc1. The van der Waals surface area contributed by atoms with E-state index in [1.807, 2.05) is 43.3 Å². The van der Waals surface area contributed by atoms with E-state index in [4.69, 9.17) is 16.3 Å². The predicted octanol–water partition coefficient (Wildman–Crippen LogP) is 2.30. The maximum atomic E-state index is 12.6. The number of ether oxygens (including phenoxy) is 1. The number of amides is 1. The zero-order valence-electron chi connectivity index (χ0n) is 16.9. The van der Waals surface area contributed by atoms with Crippen molar-refractivity contribution in [2.75, 3.05) is 50.0 Å². The van der Waals surface area contributed by atoms with Gasteiger partial charge in [-0.05, 0) is 43.3 Å². The summed E-state index contributed by atoms with van der Waals surface area (Å²) in [6.07, 6.45) is 0. The Morgan fingerprint density at radius 2 is 1.67 bits per heavy atom. The van der Waals surface area contributed by atoms with Crippen LogP contribution in [-0.2, 0) is 14.8 Å². The lowest BCUT2D eigenvalue weighted by Crippen LogP contribution is -2.50. The monoisotopic (exact) mass is 451 g/mol. The average molecular weight is 452 g/mol. The fraction of sp³-hybridized carbons (Fsp3) is 0.381. The molecular weight excluding hydrogens is 426 g/mol. The van der Waals surface area contributed by atoms with Crippen molar-refractivity contribution in [3.63, 3.8) is 0 Å². The molecule has 7 nitrogen and oxygen atoms in total. The molecule has 3 rings (SSSR count). The second-order valence-corrected chi connectivity index (χ2v) is 9.66. The molecule has 1 N–H and O–H groups in total. The number of benzene rings is 2. The molecule has 1 aliphatic heterocycles. The van der Waals surface area contributed by atoms with E-state index in [0.717, 1.165) is 11.3 Å². The van der Waals surface area contributed by atoms with Gasteiger partial charge in [-0.3, -0.25) is 4.79 Å². The second kappa shape index (κ2) is 10.1. The minimum atomic E-state index is -3.43. The van der Waals surface area contributed by atoms with Crippen LogP contribution >= 0.6 is 11.6 Å². The van der Waals surface area contributed by atoms with E-state index in [2.05, 4.69) is 10.2 Å². The van der Waals surface area contributed by atoms with Crippen LogP contribution in [0.1, 0.15) is 5.56 Å². The molecule has 1 saturated heterocycles. The van der Waals surface area contributed by atoms with Crippen molar-refractivity contribution in [2.45, 2.75) is 6.92 Å². The molecular formula is C21H26ClN3O4S. The van der Waals surface area contributed by atoms with Gasteiger partial charge in [-0.25, -0.2) is 8.42 Å². The summed E-state index contributed by atoms with van der Waals surface area (Å²) in [4.78, 5) is 14.0. The van der Waals surface area contributed by atoms with Gasteiger partial charge in [-0.2, -0.15) is 4.31 Å². The number of anilines is 1. The third-order valence-electron chi connectivity index (χ3n) is 4.90. The van der Waals surface area contributed by atoms with Crippen LogP contribution in [0.3, 0.4) is 0 Å². The Morgan fingerprint density at radius 1 is 1.03 bits per heavy atom. The molecule has 0 saturated carbocycles. The minimum absolute atomic E-state index is 0.0514. The van der Waals surface area contributed by atoms with Gasteiger partial charge in [-0.15, -0.1) is 0 Å². The molecule has 0 radical (unpaired) electrons. The van der Waals surface area contributed by atoms with Crippen LogP contribution in [0.15, 0.2) is 48.5 Å². The van der Waals surface area contributed by atoms with Gasteiger partial charge in [0.15, 0.2) is 6.61 Å². The highest BCUT2D eigenvalue weighted by Gasteiger charge is 2.26. The summed E-state index contributed by atoms with van der Waals surface area (Å²) in [7, 11) is -3.43. The Morgan fingerprint density at radius 3 is 2.30 bits per heavy atom. The molecule has 0 aliphatic carbocycles. The number of hydrogen-bond donors (Lipinski definition) is 1. The lowest BCUT2D eigenvalue weighted by molar-refractivity contribution is -0.122. The fourth-order valence-electron chi connectivity index (χ4n) is 3.16. The van der Waals surface area contributed by atoms with Crippen LogP contribution in [0.2, 0.25) is 5.02 Å². The maximum Gasteiger partial charge on any atom is 0.257 e. The van der Waals surface area contributed by atoms with Crippen molar-refractivity contribution in [1.29, 1.82) is 0 Å². The maximum absolute atomic E-state index is 12.6. The summed E-state index contributed by atoms with van der Waals surface area (Å²) in [5.41, 5.74) is 2.13. The van der Waals surface area contributed by atoms with Gasteiger partial charge in [0.1, 0.15) is 5.75 Å². The Balaban J connectivity index is 1.39. The van der Waals surface area contributed by atoms with Crippen LogP contribution in [-0.4, -0.2) is 63.7 Å². The minimum Gasteiger partial charge on any atom is -0.484 e. The van der Waals surface area contributed by atoms with E-state index in [1.54, 1.807) is 12.1 Å². The van der Waals surface area contributed by atoms with E-state index < -0.39 is 10.0 Å². The van der Waals surface area contributed by atoms with Gasteiger partial charge in [0.05, 0.1) is 5.75 Å². The lowest BCUT2D eigenvalue weighted by Gasteiger charge is -2.35. The number of halogens is 1. The van der Waals surface area contributed by atoms with Gasteiger partial charge < -0.3 is 15.0 Å². The quantitative estimate of drug-likeness (QED) is 0.666. The first-order valence-corrected chi connectivity index (χ1v) is 11.8. The second-order valence-electron chi connectivity index (χ2n) is 7.13. The van der Waals surface area contributed by atoms with Gasteiger partial charge in [0, 0.05) is 43.4 Å². The van der Waals surface area contributed by atoms with E-state index in [9.17, 15) is 13.2 Å². The number of sulfonamides is 1. The highest BCUT2D eigenvalue weighted by molar-refractivity contribution is 7.89. The highest BCUT2D eigenvalue weighted by atomic mass is 35.5. The first-order chi connectivity index (χ1) is 14.3. The fourth-order valence-corrected chi connectivity index (χ4v) is 4.62. The molecule has 30 heavy (non-hydrogen) atoms. The van der Waals surface area contributed by atoms with Crippen LogP contribution in [0.5, 0.6) is 5.75 Å². The Labute approximate surface area is 182 Å². The van der Waals surface area contributed by atoms with Crippen molar-refractivity contribution < 1.29 is 17.9 Å². The zero-order valence-corrected chi connectivity index (χ0v) is 18.5. The topological polar surface area (TPSA) is 78.9 Å². The van der Waals surface area contributed by atoms with Gasteiger partial charge in [0.2, 0.25) is 10.0 Å². The molecule has 0 aromatic heterocycles. The molecule has 1 aliphatic rings. The van der Waals surface area contributed by atoms with Crippen molar-refractivity contribution in [2.24, 2.45) is 0 Å². The smallest absolute Gasteiger partial charge is 0.257 e. The first kappa shape index (κ1) is 22.4. The molecule has 2 aromatic carbocycles. The third kappa shape index (κ3) is 6.35. The largest absolute Gasteiger partial charge is 0.484 e. The summed E-state index contributed by atoms with van der Waals surface area (Å²) in [6.45, 7) is 3.91. The molecule has 9 heteroatoms. The molecule has 1 heterocycles. The summed E-state index contributed by atoms with van der Waals surface area (Å²) in [5.74, 6) is 0.116. The normalized spacial score (nSPS) is 15.1. The van der Waals surface area contributed by atoms with Gasteiger partial charge in [0.25, 0.3) is 5.91 Å². The van der Waals surface area contributed by atoms with Crippen molar-refractivity contribution in [3.05, 3.63) is 59.1 Å². The van der Waals surface area contributed by atoms with Crippen molar-refractivity contribution in [1.82, 2.24) is 9.62 Å². The molecule has 1 fully saturated rings. The van der Waals surface area contributed by atoms with Crippen LogP contribution < -0.4 is 15.0 Å². The number of nitrogens with one attached hydrogen (secondary N) is 1. The Bertz CT molecular complexity index is 941. The number of rotatable bonds is 8. The molecule has 0 atom stereocenters. The lowest BCUT2D eigenvalue weighted by atomic mass is 10.2. The van der Waals surface area contributed by atoms with Gasteiger partial charge >= 0.3 is 0 Å². The molecule has 0 unspecified atom stereocenters. The number of carbonyl (C=O) groups excluding carboxylic acids is 1. The third-order valence-corrected chi connectivity index (χ3v) is 7.02. The zero-order chi connectivity index (χ0) is 21.6. The number of nitrogens with zero attached hydrogens (tertiary/aromatic N) is 2. The first-order valence-electron chi connectivity index (χ1n) is 9.78. The van der Waals surface area contributed by atoms with Crippen molar-refractivity contribution >= 4 is 33.2 Å². The van der Waals surface area contributed by atoms with E-state index in [1.165, 1.54) is 4.31 Å². The Hall–Kier alpha value is -2.29. The van der Waals surface area contributed by atoms with E-state index >= 15 is 0 Å². The number of piperazine rings is 1. The summed E-state index contributed by atoms with van der Waals surface area (Å²) >= 11 is 5.92. The highest BCUT2D eigenvalue weighted by Crippen LogP contribution is 2.20. The van der Waals surface area contributed by atoms with Crippen LogP contribution in [0.4, 0.5) is 5.69 Å². The number of aryl methyl sites for hydroxylation is 1. The summed E-state index contributed by atoms with van der Waals surface area (Å²) in [5, 5.41) is 3.28. The predicted molar refractivity (Wildman–Crippen MR) is 119 cm³/mol. The van der Waals surface area contributed by atoms with Crippen LogP contribution in [0, 0.1) is 6.92 Å². The summed E-state index contributed by atoms with van der Waals surface area (Å²) in [6, 6.07) is 14.9. The molecule has 0 bridgehead atoms. The average Bonchev–Trinajstić information content (AvgIpc) is 2.74. The molecule has 162 valence electrons. The molecule has 0 spiro atoms. The molecule has 2 aromatic rings. The van der Waals surface area contributed by atoms with E-state index in [0.29, 0.717) is 37.0 Å². The molecule has 1 amide bonds. The standard InChI is InChI=1S/C21H26ClN3O4S/c1-17-2-8-20(9-3-17)29-16-21(26)23-10-15-30(27,28)25-13-11-24(12-14-25)19-6-4-18(22)5-7-19/h2-9H,10-16H2,1H3,(H,23,26). The number of carbonyl (C=O) groups is 1. The van der Waals surface area contributed by atoms with Crippen LogP contribution in [0.25, 0.3) is 0 Å². The number of hydrogen-bond acceptors (Lipinski definition) is 5. The van der Waals surface area contributed by atoms with Crippen molar-refractivity contribution in [3.8, 4) is 5.75 Å².